The lowest BCUT2D eigenvalue weighted by molar-refractivity contribution is -0.118. The van der Waals surface area contributed by atoms with Gasteiger partial charge >= 0.3 is 0 Å². The number of halogens is 1. The van der Waals surface area contributed by atoms with Gasteiger partial charge < -0.3 is 10.1 Å². The highest BCUT2D eigenvalue weighted by atomic mass is 35.5. The number of hydrogen-bond acceptors (Lipinski definition) is 3. The molecule has 0 saturated carbocycles. The molecular weight excluding hydrogens is 278 g/mol. The molecular formula is C14H16ClN3O2. The Kier molecular flexibility index (Phi) is 4.29. The summed E-state index contributed by atoms with van der Waals surface area (Å²) in [6.45, 7) is 3.68. The second kappa shape index (κ2) is 5.96. The van der Waals surface area contributed by atoms with Gasteiger partial charge in [-0.05, 0) is 37.6 Å². The van der Waals surface area contributed by atoms with Crippen LogP contribution in [0.4, 0.5) is 5.82 Å². The summed E-state index contributed by atoms with van der Waals surface area (Å²) in [4.78, 5) is 11.8. The van der Waals surface area contributed by atoms with Gasteiger partial charge in [0.05, 0.1) is 5.69 Å². The van der Waals surface area contributed by atoms with Crippen molar-refractivity contribution in [3.8, 4) is 5.75 Å². The zero-order valence-electron chi connectivity index (χ0n) is 11.6. The molecule has 6 heteroatoms. The molecule has 0 unspecified atom stereocenters. The molecule has 0 aliphatic heterocycles. The van der Waals surface area contributed by atoms with E-state index in [9.17, 15) is 4.79 Å². The third-order valence-electron chi connectivity index (χ3n) is 2.77. The molecule has 0 fully saturated rings. The summed E-state index contributed by atoms with van der Waals surface area (Å²) in [5.74, 6) is 1.02. The van der Waals surface area contributed by atoms with Crippen LogP contribution >= 0.6 is 11.6 Å². The molecule has 0 bridgehead atoms. The maximum absolute atomic E-state index is 11.8. The first-order chi connectivity index (χ1) is 9.45. The summed E-state index contributed by atoms with van der Waals surface area (Å²) in [5, 5.41) is 7.56. The number of anilines is 1. The summed E-state index contributed by atoms with van der Waals surface area (Å²) < 4.78 is 7.03. The number of rotatable bonds is 4. The van der Waals surface area contributed by atoms with Crippen LogP contribution in [0.15, 0.2) is 24.3 Å². The second-order valence-electron chi connectivity index (χ2n) is 4.54. The van der Waals surface area contributed by atoms with Crippen LogP contribution in [0.2, 0.25) is 5.02 Å². The number of carbonyl (C=O) groups is 1. The number of amides is 1. The SMILES string of the molecule is Cc1cc(NC(=O)COc2ccc(Cl)c(C)c2)n(C)n1. The van der Waals surface area contributed by atoms with E-state index in [0.29, 0.717) is 16.6 Å². The largest absolute Gasteiger partial charge is 0.484 e. The van der Waals surface area contributed by atoms with Crippen LogP contribution in [0, 0.1) is 13.8 Å². The van der Waals surface area contributed by atoms with Crippen molar-refractivity contribution in [1.82, 2.24) is 9.78 Å². The zero-order chi connectivity index (χ0) is 14.7. The van der Waals surface area contributed by atoms with Gasteiger partial charge in [-0.3, -0.25) is 9.48 Å². The summed E-state index contributed by atoms with van der Waals surface area (Å²) in [6, 6.07) is 7.07. The van der Waals surface area contributed by atoms with Gasteiger partial charge in [0, 0.05) is 18.1 Å². The van der Waals surface area contributed by atoms with E-state index in [1.54, 1.807) is 36.0 Å². The fraction of sp³-hybridized carbons (Fsp3) is 0.286. The number of hydrogen-bond donors (Lipinski definition) is 1. The number of aryl methyl sites for hydroxylation is 3. The lowest BCUT2D eigenvalue weighted by Crippen LogP contribution is -2.21. The zero-order valence-corrected chi connectivity index (χ0v) is 12.4. The van der Waals surface area contributed by atoms with E-state index >= 15 is 0 Å². The topological polar surface area (TPSA) is 56.1 Å². The predicted molar refractivity (Wildman–Crippen MR) is 78.3 cm³/mol. The first-order valence-corrected chi connectivity index (χ1v) is 6.53. The number of carbonyl (C=O) groups excluding carboxylic acids is 1. The van der Waals surface area contributed by atoms with Crippen molar-refractivity contribution in [1.29, 1.82) is 0 Å². The second-order valence-corrected chi connectivity index (χ2v) is 4.95. The lowest BCUT2D eigenvalue weighted by atomic mass is 10.2. The molecule has 1 aromatic heterocycles. The number of benzene rings is 1. The van der Waals surface area contributed by atoms with Crippen molar-refractivity contribution in [2.75, 3.05) is 11.9 Å². The average molecular weight is 294 g/mol. The van der Waals surface area contributed by atoms with Crippen molar-refractivity contribution in [2.24, 2.45) is 7.05 Å². The van der Waals surface area contributed by atoms with Crippen LogP contribution in [0.1, 0.15) is 11.3 Å². The third-order valence-corrected chi connectivity index (χ3v) is 3.19. The maximum atomic E-state index is 11.8. The monoisotopic (exact) mass is 293 g/mol. The standard InChI is InChI=1S/C14H16ClN3O2/c1-9-6-11(4-5-12(9)15)20-8-14(19)16-13-7-10(2)17-18(13)3/h4-7H,8H2,1-3H3,(H,16,19). The van der Waals surface area contributed by atoms with Crippen LogP contribution in [0.3, 0.4) is 0 Å². The minimum Gasteiger partial charge on any atom is -0.484 e. The molecule has 0 radical (unpaired) electrons. The highest BCUT2D eigenvalue weighted by molar-refractivity contribution is 6.31. The van der Waals surface area contributed by atoms with Crippen molar-refractivity contribution >= 4 is 23.3 Å². The molecule has 0 aliphatic rings. The number of aromatic nitrogens is 2. The Morgan fingerprint density at radius 1 is 1.40 bits per heavy atom. The first kappa shape index (κ1) is 14.4. The number of ether oxygens (including phenoxy) is 1. The molecule has 0 saturated heterocycles. The summed E-state index contributed by atoms with van der Waals surface area (Å²) in [6.07, 6.45) is 0. The van der Waals surface area contributed by atoms with Crippen molar-refractivity contribution in [3.05, 3.63) is 40.5 Å². The Hall–Kier alpha value is -2.01. The van der Waals surface area contributed by atoms with Gasteiger partial charge in [-0.2, -0.15) is 5.10 Å². The maximum Gasteiger partial charge on any atom is 0.263 e. The Balaban J connectivity index is 1.92. The molecule has 2 aromatic rings. The van der Waals surface area contributed by atoms with Gasteiger partial charge in [-0.15, -0.1) is 0 Å². The molecule has 20 heavy (non-hydrogen) atoms. The Morgan fingerprint density at radius 2 is 2.15 bits per heavy atom. The molecule has 0 spiro atoms. The highest BCUT2D eigenvalue weighted by Gasteiger charge is 2.08. The first-order valence-electron chi connectivity index (χ1n) is 6.15. The third kappa shape index (κ3) is 3.51. The molecule has 2 rings (SSSR count). The molecule has 1 N–H and O–H groups in total. The van der Waals surface area contributed by atoms with Crippen molar-refractivity contribution < 1.29 is 9.53 Å². The van der Waals surface area contributed by atoms with Crippen LogP contribution in [-0.2, 0) is 11.8 Å². The van der Waals surface area contributed by atoms with Gasteiger partial charge in [-0.1, -0.05) is 11.6 Å². The molecule has 106 valence electrons. The van der Waals surface area contributed by atoms with Gasteiger partial charge in [0.1, 0.15) is 11.6 Å². The van der Waals surface area contributed by atoms with E-state index in [1.165, 1.54) is 0 Å². The quantitative estimate of drug-likeness (QED) is 0.943. The van der Waals surface area contributed by atoms with Gasteiger partial charge in [0.25, 0.3) is 5.91 Å². The minimum absolute atomic E-state index is 0.0642. The number of nitrogens with one attached hydrogen (secondary N) is 1. The van der Waals surface area contributed by atoms with Crippen LogP contribution < -0.4 is 10.1 Å². The Morgan fingerprint density at radius 3 is 2.75 bits per heavy atom. The molecule has 5 nitrogen and oxygen atoms in total. The Labute approximate surface area is 122 Å². The van der Waals surface area contributed by atoms with Gasteiger partial charge in [0.2, 0.25) is 0 Å². The smallest absolute Gasteiger partial charge is 0.263 e. The fourth-order valence-corrected chi connectivity index (χ4v) is 1.88. The van der Waals surface area contributed by atoms with E-state index in [2.05, 4.69) is 10.4 Å². The highest BCUT2D eigenvalue weighted by Crippen LogP contribution is 2.21. The summed E-state index contributed by atoms with van der Waals surface area (Å²) in [5.41, 5.74) is 1.75. The van der Waals surface area contributed by atoms with Gasteiger partial charge in [0.15, 0.2) is 6.61 Å². The summed E-state index contributed by atoms with van der Waals surface area (Å²) in [7, 11) is 1.77. The van der Waals surface area contributed by atoms with E-state index in [4.69, 9.17) is 16.3 Å². The van der Waals surface area contributed by atoms with Crippen LogP contribution in [-0.4, -0.2) is 22.3 Å². The van der Waals surface area contributed by atoms with Gasteiger partial charge in [-0.25, -0.2) is 0 Å². The molecule has 0 atom stereocenters. The predicted octanol–water partition coefficient (Wildman–Crippen LogP) is 2.71. The molecule has 1 amide bonds. The van der Waals surface area contributed by atoms with Crippen LogP contribution in [0.25, 0.3) is 0 Å². The lowest BCUT2D eigenvalue weighted by Gasteiger charge is -2.08. The molecule has 1 aromatic carbocycles. The van der Waals surface area contributed by atoms with E-state index in [-0.39, 0.29) is 12.5 Å². The van der Waals surface area contributed by atoms with E-state index in [1.807, 2.05) is 13.8 Å². The molecule has 1 heterocycles. The number of nitrogens with zero attached hydrogens (tertiary/aromatic N) is 2. The van der Waals surface area contributed by atoms with Crippen LogP contribution in [0.5, 0.6) is 5.75 Å². The normalized spacial score (nSPS) is 10.4. The van der Waals surface area contributed by atoms with E-state index in [0.717, 1.165) is 11.3 Å². The minimum atomic E-state index is -0.236. The summed E-state index contributed by atoms with van der Waals surface area (Å²) >= 11 is 5.93. The fourth-order valence-electron chi connectivity index (χ4n) is 1.76. The van der Waals surface area contributed by atoms with Crippen molar-refractivity contribution in [2.45, 2.75) is 13.8 Å². The van der Waals surface area contributed by atoms with E-state index < -0.39 is 0 Å². The Bertz CT molecular complexity index is 637. The average Bonchev–Trinajstić information content (AvgIpc) is 2.69. The molecule has 0 aliphatic carbocycles. The van der Waals surface area contributed by atoms with Crippen molar-refractivity contribution in [3.63, 3.8) is 0 Å².